The van der Waals surface area contributed by atoms with Crippen LogP contribution in [-0.2, 0) is 21.2 Å². The molecule has 28 heavy (non-hydrogen) atoms. The maximum absolute atomic E-state index is 12.9. The zero-order valence-corrected chi connectivity index (χ0v) is 15.1. The summed E-state index contributed by atoms with van der Waals surface area (Å²) in [4.78, 5) is 11.9. The van der Waals surface area contributed by atoms with E-state index in [0.29, 0.717) is 5.56 Å². The monoisotopic (exact) mass is 399 g/mol. The molecule has 0 radical (unpaired) electrons. The maximum Gasteiger partial charge on any atom is 0.240 e. The van der Waals surface area contributed by atoms with E-state index < -0.39 is 21.7 Å². The third-order valence-electron chi connectivity index (χ3n) is 3.79. The second-order valence-corrected chi connectivity index (χ2v) is 7.39. The minimum Gasteiger partial charge on any atom is -0.326 e. The fourth-order valence-corrected chi connectivity index (χ4v) is 3.26. The maximum atomic E-state index is 12.9. The first kappa shape index (κ1) is 19.2. The van der Waals surface area contributed by atoms with Gasteiger partial charge in [-0.05, 0) is 35.9 Å². The molecule has 3 aromatic rings. The van der Waals surface area contributed by atoms with Crippen LogP contribution in [-0.4, -0.2) is 24.1 Å². The van der Waals surface area contributed by atoms with Crippen LogP contribution in [0.5, 0.6) is 0 Å². The minimum atomic E-state index is -4.14. The van der Waals surface area contributed by atoms with Crippen LogP contribution in [0.4, 0.5) is 10.1 Å². The molecule has 0 bridgehead atoms. The van der Waals surface area contributed by atoms with Crippen LogP contribution in [0.1, 0.15) is 11.1 Å². The van der Waals surface area contributed by atoms with E-state index in [0.717, 1.165) is 0 Å². The van der Waals surface area contributed by atoms with Gasteiger partial charge in [0.15, 0.2) is 0 Å². The molecule has 10 heteroatoms. The Hall–Kier alpha value is -3.55. The van der Waals surface area contributed by atoms with Crippen LogP contribution >= 0.6 is 0 Å². The van der Waals surface area contributed by atoms with Crippen molar-refractivity contribution in [2.75, 3.05) is 5.32 Å². The largest absolute Gasteiger partial charge is 0.326 e. The van der Waals surface area contributed by atoms with E-state index >= 15 is 0 Å². The van der Waals surface area contributed by atoms with Crippen molar-refractivity contribution in [3.63, 3.8) is 0 Å². The molecule has 0 unspecified atom stereocenters. The van der Waals surface area contributed by atoms with Gasteiger partial charge in [-0.15, -0.1) is 0 Å². The number of primary sulfonamides is 1. The van der Waals surface area contributed by atoms with Crippen molar-refractivity contribution in [2.24, 2.45) is 5.14 Å². The molecule has 0 aliphatic heterocycles. The van der Waals surface area contributed by atoms with Gasteiger partial charge in [-0.2, -0.15) is 10.4 Å². The second-order valence-electron chi connectivity index (χ2n) is 5.86. The molecule has 2 aromatic carbocycles. The lowest BCUT2D eigenvalue weighted by Gasteiger charge is -2.11. The first-order valence-electron chi connectivity index (χ1n) is 7.92. The highest BCUT2D eigenvalue weighted by atomic mass is 32.2. The van der Waals surface area contributed by atoms with Crippen LogP contribution in [0.3, 0.4) is 0 Å². The molecule has 1 heterocycles. The van der Waals surface area contributed by atoms with Crippen molar-refractivity contribution in [2.45, 2.75) is 11.3 Å². The van der Waals surface area contributed by atoms with Gasteiger partial charge in [-0.25, -0.2) is 22.6 Å². The molecule has 1 aromatic heterocycles. The molecule has 3 rings (SSSR count). The number of hydrogen-bond acceptors (Lipinski definition) is 5. The second kappa shape index (κ2) is 7.59. The van der Waals surface area contributed by atoms with Gasteiger partial charge >= 0.3 is 0 Å². The molecule has 0 aliphatic rings. The number of nitrogens with zero attached hydrogens (tertiary/aromatic N) is 3. The lowest BCUT2D eigenvalue weighted by molar-refractivity contribution is -0.115. The Morgan fingerprint density at radius 3 is 2.57 bits per heavy atom. The minimum absolute atomic E-state index is 0.0164. The molecule has 1 amide bonds. The number of nitriles is 1. The van der Waals surface area contributed by atoms with Crippen molar-refractivity contribution in [3.8, 4) is 11.8 Å². The standard InChI is InChI=1S/C18H14FN5O3S/c19-14-3-1-12(2-4-14)7-18(25)23-15-5-6-16(17(8-15)28(21,26)27)24-11-13(9-20)10-22-24/h1-6,8,10-11H,7H2,(H,23,25)(H2,21,26,27). The highest BCUT2D eigenvalue weighted by Gasteiger charge is 2.18. The van der Waals surface area contributed by atoms with E-state index in [-0.39, 0.29) is 28.3 Å². The number of carbonyl (C=O) groups is 1. The number of sulfonamides is 1. The zero-order chi connectivity index (χ0) is 20.3. The van der Waals surface area contributed by atoms with Gasteiger partial charge in [0.25, 0.3) is 0 Å². The first-order chi connectivity index (χ1) is 13.3. The molecule has 0 saturated carbocycles. The van der Waals surface area contributed by atoms with E-state index in [1.54, 1.807) is 0 Å². The van der Waals surface area contributed by atoms with Crippen molar-refractivity contribution < 1.29 is 17.6 Å². The fourth-order valence-electron chi connectivity index (χ4n) is 2.51. The SMILES string of the molecule is N#Cc1cnn(-c2ccc(NC(=O)Cc3ccc(F)cc3)cc2S(N)(=O)=O)c1. The fraction of sp³-hybridized carbons (Fsp3) is 0.0556. The van der Waals surface area contributed by atoms with Crippen LogP contribution < -0.4 is 10.5 Å². The van der Waals surface area contributed by atoms with Gasteiger partial charge in [0, 0.05) is 11.9 Å². The summed E-state index contributed by atoms with van der Waals surface area (Å²) in [5, 5.41) is 20.7. The molecule has 0 spiro atoms. The molecule has 8 nitrogen and oxygen atoms in total. The quantitative estimate of drug-likeness (QED) is 0.674. The number of nitrogens with one attached hydrogen (secondary N) is 1. The summed E-state index contributed by atoms with van der Waals surface area (Å²) in [5.74, 6) is -0.818. The predicted octanol–water partition coefficient (Wildman–Crippen LogP) is 1.71. The molecule has 0 atom stereocenters. The summed E-state index contributed by atoms with van der Waals surface area (Å²) in [6.07, 6.45) is 2.62. The van der Waals surface area contributed by atoms with Crippen LogP contribution in [0.15, 0.2) is 59.8 Å². The van der Waals surface area contributed by atoms with Gasteiger partial charge in [-0.1, -0.05) is 12.1 Å². The highest BCUT2D eigenvalue weighted by molar-refractivity contribution is 7.89. The van der Waals surface area contributed by atoms with E-state index in [2.05, 4.69) is 10.4 Å². The number of nitrogens with two attached hydrogens (primary N) is 1. The Labute approximate surface area is 160 Å². The molecular formula is C18H14FN5O3S. The lowest BCUT2D eigenvalue weighted by atomic mass is 10.1. The smallest absolute Gasteiger partial charge is 0.240 e. The van der Waals surface area contributed by atoms with Gasteiger partial charge in [0.05, 0.1) is 23.9 Å². The topological polar surface area (TPSA) is 131 Å². The van der Waals surface area contributed by atoms with Crippen molar-refractivity contribution in [1.29, 1.82) is 5.26 Å². The average Bonchev–Trinajstić information content (AvgIpc) is 3.12. The van der Waals surface area contributed by atoms with E-state index in [1.165, 1.54) is 59.5 Å². The molecule has 142 valence electrons. The van der Waals surface area contributed by atoms with Crippen molar-refractivity contribution in [3.05, 3.63) is 71.8 Å². The highest BCUT2D eigenvalue weighted by Crippen LogP contribution is 2.23. The number of carbonyl (C=O) groups excluding carboxylic acids is 1. The summed E-state index contributed by atoms with van der Waals surface area (Å²) < 4.78 is 38.1. The normalized spacial score (nSPS) is 11.0. The summed E-state index contributed by atoms with van der Waals surface area (Å²) in [7, 11) is -4.14. The van der Waals surface area contributed by atoms with Gasteiger partial charge in [0.1, 0.15) is 16.8 Å². The van der Waals surface area contributed by atoms with E-state index in [1.807, 2.05) is 6.07 Å². The van der Waals surface area contributed by atoms with Crippen molar-refractivity contribution in [1.82, 2.24) is 9.78 Å². The molecule has 0 fully saturated rings. The molecular weight excluding hydrogens is 385 g/mol. The Morgan fingerprint density at radius 2 is 1.96 bits per heavy atom. The number of halogens is 1. The average molecular weight is 399 g/mol. The summed E-state index contributed by atoms with van der Waals surface area (Å²) in [5.41, 5.74) is 1.20. The Bertz CT molecular complexity index is 1180. The molecule has 3 N–H and O–H groups in total. The van der Waals surface area contributed by atoms with Gasteiger partial charge < -0.3 is 5.32 Å². The number of aromatic nitrogens is 2. The van der Waals surface area contributed by atoms with Gasteiger partial charge in [-0.3, -0.25) is 4.79 Å². The van der Waals surface area contributed by atoms with Gasteiger partial charge in [0.2, 0.25) is 15.9 Å². The lowest BCUT2D eigenvalue weighted by Crippen LogP contribution is -2.18. The van der Waals surface area contributed by atoms with Crippen LogP contribution in [0, 0.1) is 17.1 Å². The number of hydrogen-bond donors (Lipinski definition) is 2. The van der Waals surface area contributed by atoms with Crippen LogP contribution in [0.25, 0.3) is 5.69 Å². The predicted molar refractivity (Wildman–Crippen MR) is 98.4 cm³/mol. The van der Waals surface area contributed by atoms with E-state index in [4.69, 9.17) is 10.4 Å². The van der Waals surface area contributed by atoms with Crippen molar-refractivity contribution >= 4 is 21.6 Å². The number of anilines is 1. The Morgan fingerprint density at radius 1 is 1.25 bits per heavy atom. The van der Waals surface area contributed by atoms with Crippen LogP contribution in [0.2, 0.25) is 0 Å². The third-order valence-corrected chi connectivity index (χ3v) is 4.73. The molecule has 0 aliphatic carbocycles. The number of rotatable bonds is 5. The molecule has 0 saturated heterocycles. The number of amides is 1. The zero-order valence-electron chi connectivity index (χ0n) is 14.3. The summed E-state index contributed by atoms with van der Waals surface area (Å²) in [6.45, 7) is 0. The Balaban J connectivity index is 1.87. The summed E-state index contributed by atoms with van der Waals surface area (Å²) >= 11 is 0. The number of benzene rings is 2. The van der Waals surface area contributed by atoms with E-state index in [9.17, 15) is 17.6 Å². The first-order valence-corrected chi connectivity index (χ1v) is 9.47. The Kier molecular flexibility index (Phi) is 5.21. The third kappa shape index (κ3) is 4.40. The summed E-state index contributed by atoms with van der Waals surface area (Å²) in [6, 6.07) is 11.5.